The largest absolute Gasteiger partial charge is 0.480 e. The summed E-state index contributed by atoms with van der Waals surface area (Å²) in [7, 11) is 1.40. The first-order valence-corrected chi connectivity index (χ1v) is 13.6. The van der Waals surface area contributed by atoms with Crippen molar-refractivity contribution in [1.82, 2.24) is 10.6 Å². The number of carboxylic acid groups (broad SMARTS) is 1. The molecule has 0 saturated carbocycles. The molecule has 3 aromatic rings. The first-order valence-electron chi connectivity index (χ1n) is 13.6. The van der Waals surface area contributed by atoms with Crippen LogP contribution in [-0.4, -0.2) is 61.1 Å². The van der Waals surface area contributed by atoms with Crippen molar-refractivity contribution in [2.45, 2.75) is 50.5 Å². The topological polar surface area (TPSA) is 123 Å². The van der Waals surface area contributed by atoms with Crippen LogP contribution in [-0.2, 0) is 30.4 Å². The minimum atomic E-state index is -1.57. The van der Waals surface area contributed by atoms with Gasteiger partial charge >= 0.3 is 12.1 Å². The van der Waals surface area contributed by atoms with E-state index in [2.05, 4.69) is 10.6 Å². The van der Waals surface area contributed by atoms with E-state index < -0.39 is 35.7 Å². The molecule has 1 unspecified atom stereocenters. The summed E-state index contributed by atoms with van der Waals surface area (Å²) in [6.45, 7) is 3.33. The molecular weight excluding hydrogens is 524 g/mol. The summed E-state index contributed by atoms with van der Waals surface area (Å²) >= 11 is 0. The Kier molecular flexibility index (Phi) is 9.75. The highest BCUT2D eigenvalue weighted by Crippen LogP contribution is 2.44. The fraction of sp³-hybridized carbons (Fsp3) is 0.344. The fourth-order valence-electron chi connectivity index (χ4n) is 5.14. The van der Waals surface area contributed by atoms with Crippen LogP contribution in [0.1, 0.15) is 42.9 Å². The molecule has 9 nitrogen and oxygen atoms in total. The zero-order chi connectivity index (χ0) is 29.4. The number of amides is 2. The lowest BCUT2D eigenvalue weighted by atomic mass is 9.95. The number of carboxylic acids is 1. The predicted octanol–water partition coefficient (Wildman–Crippen LogP) is 4.50. The molecule has 3 atom stereocenters. The van der Waals surface area contributed by atoms with E-state index in [9.17, 15) is 19.5 Å². The van der Waals surface area contributed by atoms with E-state index in [1.807, 2.05) is 78.9 Å². The second kappa shape index (κ2) is 13.4. The average molecular weight is 561 g/mol. The number of carbonyl (C=O) groups excluding carboxylic acids is 2. The zero-order valence-corrected chi connectivity index (χ0v) is 23.5. The molecule has 0 saturated heterocycles. The SMILES string of the molecule is CCC(COC)(NC(=O)OCC1c2ccccc2-c2ccccc21)C(=O)N[C@@H](C(=O)O)[C@H](C)OCc1ccccc1. The van der Waals surface area contributed by atoms with Gasteiger partial charge in [0.15, 0.2) is 6.04 Å². The molecule has 0 heterocycles. The van der Waals surface area contributed by atoms with Crippen LogP contribution in [0.15, 0.2) is 78.9 Å². The summed E-state index contributed by atoms with van der Waals surface area (Å²) in [5.74, 6) is -2.13. The van der Waals surface area contributed by atoms with Gasteiger partial charge in [-0.25, -0.2) is 9.59 Å². The van der Waals surface area contributed by atoms with Crippen LogP contribution < -0.4 is 10.6 Å². The van der Waals surface area contributed by atoms with Gasteiger partial charge < -0.3 is 30.0 Å². The molecule has 3 aromatic carbocycles. The van der Waals surface area contributed by atoms with Gasteiger partial charge in [-0.1, -0.05) is 85.8 Å². The van der Waals surface area contributed by atoms with Crippen LogP contribution >= 0.6 is 0 Å². The molecule has 0 bridgehead atoms. The lowest BCUT2D eigenvalue weighted by molar-refractivity contribution is -0.148. The van der Waals surface area contributed by atoms with Gasteiger partial charge in [0, 0.05) is 13.0 Å². The third kappa shape index (κ3) is 6.75. The number of hydrogen-bond donors (Lipinski definition) is 3. The van der Waals surface area contributed by atoms with Crippen molar-refractivity contribution in [2.75, 3.05) is 20.3 Å². The number of aliphatic carboxylic acids is 1. The molecule has 0 aliphatic heterocycles. The Morgan fingerprint density at radius 3 is 2.07 bits per heavy atom. The molecule has 0 spiro atoms. The van der Waals surface area contributed by atoms with E-state index in [1.165, 1.54) is 7.11 Å². The number of carbonyl (C=O) groups is 3. The van der Waals surface area contributed by atoms with E-state index >= 15 is 0 Å². The Morgan fingerprint density at radius 2 is 1.51 bits per heavy atom. The number of ether oxygens (including phenoxy) is 3. The highest BCUT2D eigenvalue weighted by molar-refractivity contribution is 5.93. The Bertz CT molecular complexity index is 1320. The van der Waals surface area contributed by atoms with Gasteiger partial charge in [0.1, 0.15) is 12.1 Å². The number of fused-ring (bicyclic) bond motifs is 3. The first kappa shape index (κ1) is 29.8. The monoisotopic (exact) mass is 560 g/mol. The van der Waals surface area contributed by atoms with Crippen molar-refractivity contribution >= 4 is 18.0 Å². The third-order valence-corrected chi connectivity index (χ3v) is 7.49. The van der Waals surface area contributed by atoms with Crippen molar-refractivity contribution < 1.29 is 33.7 Å². The lowest BCUT2D eigenvalue weighted by Crippen LogP contribution is -2.64. The Hall–Kier alpha value is -4.21. The molecule has 2 amide bonds. The fourth-order valence-corrected chi connectivity index (χ4v) is 5.14. The van der Waals surface area contributed by atoms with Gasteiger partial charge in [0.25, 0.3) is 0 Å². The van der Waals surface area contributed by atoms with Gasteiger partial charge in [-0.2, -0.15) is 0 Å². The van der Waals surface area contributed by atoms with Gasteiger partial charge in [0.2, 0.25) is 5.91 Å². The second-order valence-corrected chi connectivity index (χ2v) is 10.1. The van der Waals surface area contributed by atoms with Crippen LogP contribution in [0.3, 0.4) is 0 Å². The normalized spacial score (nSPS) is 15.1. The Morgan fingerprint density at radius 1 is 0.927 bits per heavy atom. The number of rotatable bonds is 13. The summed E-state index contributed by atoms with van der Waals surface area (Å²) in [6.07, 6.45) is -1.54. The zero-order valence-electron chi connectivity index (χ0n) is 23.5. The van der Waals surface area contributed by atoms with Crippen LogP contribution in [0.25, 0.3) is 11.1 Å². The molecule has 9 heteroatoms. The van der Waals surface area contributed by atoms with Crippen molar-refractivity contribution in [3.63, 3.8) is 0 Å². The minimum absolute atomic E-state index is 0.0658. The minimum Gasteiger partial charge on any atom is -0.480 e. The first-order chi connectivity index (χ1) is 19.8. The molecular formula is C32H36N2O7. The van der Waals surface area contributed by atoms with Crippen LogP contribution in [0, 0.1) is 0 Å². The van der Waals surface area contributed by atoms with E-state index in [-0.39, 0.29) is 32.2 Å². The quantitative estimate of drug-likeness (QED) is 0.281. The molecule has 3 N–H and O–H groups in total. The van der Waals surface area contributed by atoms with Gasteiger partial charge in [-0.3, -0.25) is 4.79 Å². The van der Waals surface area contributed by atoms with E-state index in [1.54, 1.807) is 13.8 Å². The van der Waals surface area contributed by atoms with Crippen molar-refractivity contribution in [3.8, 4) is 11.1 Å². The maximum absolute atomic E-state index is 13.5. The summed E-state index contributed by atoms with van der Waals surface area (Å²) in [5, 5.41) is 15.1. The number of benzene rings is 3. The van der Waals surface area contributed by atoms with Crippen molar-refractivity contribution in [2.24, 2.45) is 0 Å². The average Bonchev–Trinajstić information content (AvgIpc) is 3.31. The van der Waals surface area contributed by atoms with Gasteiger partial charge in [0.05, 0.1) is 19.3 Å². The van der Waals surface area contributed by atoms with Gasteiger partial charge in [-0.05, 0) is 41.2 Å². The van der Waals surface area contributed by atoms with Crippen molar-refractivity contribution in [3.05, 3.63) is 95.6 Å². The smallest absolute Gasteiger partial charge is 0.408 e. The predicted molar refractivity (Wildman–Crippen MR) is 153 cm³/mol. The Labute approximate surface area is 239 Å². The van der Waals surface area contributed by atoms with Crippen LogP contribution in [0.5, 0.6) is 0 Å². The second-order valence-electron chi connectivity index (χ2n) is 10.1. The molecule has 216 valence electrons. The molecule has 4 rings (SSSR count). The maximum atomic E-state index is 13.5. The molecule has 0 radical (unpaired) electrons. The third-order valence-electron chi connectivity index (χ3n) is 7.49. The highest BCUT2D eigenvalue weighted by Gasteiger charge is 2.42. The van der Waals surface area contributed by atoms with E-state index in [0.29, 0.717) is 0 Å². The Balaban J connectivity index is 1.43. The summed E-state index contributed by atoms with van der Waals surface area (Å²) in [5.41, 5.74) is 3.63. The summed E-state index contributed by atoms with van der Waals surface area (Å²) in [4.78, 5) is 38.7. The number of methoxy groups -OCH3 is 1. The van der Waals surface area contributed by atoms with Crippen LogP contribution in [0.2, 0.25) is 0 Å². The highest BCUT2D eigenvalue weighted by atomic mass is 16.5. The molecule has 41 heavy (non-hydrogen) atoms. The molecule has 1 aliphatic carbocycles. The number of hydrogen-bond acceptors (Lipinski definition) is 6. The van der Waals surface area contributed by atoms with Crippen molar-refractivity contribution in [1.29, 1.82) is 0 Å². The van der Waals surface area contributed by atoms with Gasteiger partial charge in [-0.15, -0.1) is 0 Å². The molecule has 1 aliphatic rings. The molecule has 0 fully saturated rings. The maximum Gasteiger partial charge on any atom is 0.408 e. The molecule has 0 aromatic heterocycles. The number of alkyl carbamates (subject to hydrolysis) is 1. The summed E-state index contributed by atoms with van der Waals surface area (Å²) < 4.78 is 16.7. The summed E-state index contributed by atoms with van der Waals surface area (Å²) in [6, 6.07) is 23.9. The van der Waals surface area contributed by atoms with Crippen LogP contribution in [0.4, 0.5) is 4.79 Å². The van der Waals surface area contributed by atoms with E-state index in [0.717, 1.165) is 27.8 Å². The van der Waals surface area contributed by atoms with E-state index in [4.69, 9.17) is 14.2 Å². The standard InChI is InChI=1S/C32H36N2O7/c1-4-32(20-39-3,30(37)33-28(29(35)36)21(2)40-18-22-12-6-5-7-13-22)34-31(38)41-19-27-25-16-10-8-14-23(25)24-15-9-11-17-26(24)27/h5-17,21,27-28H,4,18-20H2,1-3H3,(H,33,37)(H,34,38)(H,35,36)/t21-,28+,32?/m0/s1. The lowest BCUT2D eigenvalue weighted by Gasteiger charge is -2.33. The number of nitrogens with one attached hydrogen (secondary N) is 2.